The van der Waals surface area contributed by atoms with Crippen molar-refractivity contribution >= 4 is 5.95 Å². The van der Waals surface area contributed by atoms with Gasteiger partial charge >= 0.3 is 0 Å². The molecule has 1 atom stereocenters. The maximum Gasteiger partial charge on any atom is 0.255 e. The van der Waals surface area contributed by atoms with Crippen LogP contribution in [-0.2, 0) is 0 Å². The summed E-state index contributed by atoms with van der Waals surface area (Å²) >= 11 is 0. The normalized spacial score (nSPS) is 12.3. The fourth-order valence-electron chi connectivity index (χ4n) is 1.21. The fourth-order valence-corrected chi connectivity index (χ4v) is 1.21. The summed E-state index contributed by atoms with van der Waals surface area (Å²) in [5, 5.41) is 2.73. The quantitative estimate of drug-likeness (QED) is 0.814. The highest BCUT2D eigenvalue weighted by Crippen LogP contribution is 2.16. The standard InChI is InChI=1S/C10H16FN3O/c1-4-5-7(2)15-9-8(11)6-13-10(12-3)14-9/h6-7H,4-5H2,1-3H3,(H,12,13,14). The second-order valence-corrected chi connectivity index (χ2v) is 3.31. The van der Waals surface area contributed by atoms with Crippen LogP contribution in [0.5, 0.6) is 5.88 Å². The summed E-state index contributed by atoms with van der Waals surface area (Å²) in [6, 6.07) is 0. The predicted octanol–water partition coefficient (Wildman–Crippen LogP) is 2.22. The molecule has 4 nitrogen and oxygen atoms in total. The van der Waals surface area contributed by atoms with Gasteiger partial charge in [0, 0.05) is 7.05 Å². The summed E-state index contributed by atoms with van der Waals surface area (Å²) in [6.45, 7) is 3.94. The van der Waals surface area contributed by atoms with Crippen LogP contribution in [0.25, 0.3) is 0 Å². The van der Waals surface area contributed by atoms with Gasteiger partial charge in [0.15, 0.2) is 0 Å². The maximum absolute atomic E-state index is 13.2. The van der Waals surface area contributed by atoms with E-state index in [-0.39, 0.29) is 12.0 Å². The molecule has 1 rings (SSSR count). The van der Waals surface area contributed by atoms with Gasteiger partial charge < -0.3 is 10.1 Å². The number of ether oxygens (including phenoxy) is 1. The van der Waals surface area contributed by atoms with E-state index in [1.54, 1.807) is 7.05 Å². The Morgan fingerprint density at radius 3 is 2.93 bits per heavy atom. The topological polar surface area (TPSA) is 47.0 Å². The Kier molecular flexibility index (Phi) is 4.27. The molecule has 0 saturated heterocycles. The Morgan fingerprint density at radius 2 is 2.33 bits per heavy atom. The second-order valence-electron chi connectivity index (χ2n) is 3.31. The van der Waals surface area contributed by atoms with Crippen molar-refractivity contribution in [2.45, 2.75) is 32.8 Å². The van der Waals surface area contributed by atoms with E-state index in [0.717, 1.165) is 19.0 Å². The van der Waals surface area contributed by atoms with Crippen molar-refractivity contribution in [3.63, 3.8) is 0 Å². The Morgan fingerprint density at radius 1 is 1.60 bits per heavy atom. The van der Waals surface area contributed by atoms with Crippen molar-refractivity contribution in [1.29, 1.82) is 0 Å². The first-order chi connectivity index (χ1) is 7.17. The molecule has 84 valence electrons. The van der Waals surface area contributed by atoms with Gasteiger partial charge in [-0.3, -0.25) is 0 Å². The monoisotopic (exact) mass is 213 g/mol. The molecule has 15 heavy (non-hydrogen) atoms. The van der Waals surface area contributed by atoms with Gasteiger partial charge in [-0.15, -0.1) is 0 Å². The minimum Gasteiger partial charge on any atom is -0.472 e. The molecule has 1 aromatic heterocycles. The second kappa shape index (κ2) is 5.48. The highest BCUT2D eigenvalue weighted by atomic mass is 19.1. The minimum atomic E-state index is -0.531. The van der Waals surface area contributed by atoms with Crippen LogP contribution < -0.4 is 10.1 Å². The van der Waals surface area contributed by atoms with E-state index in [0.29, 0.717) is 5.95 Å². The van der Waals surface area contributed by atoms with Gasteiger partial charge in [0.25, 0.3) is 5.88 Å². The molecule has 0 amide bonds. The smallest absolute Gasteiger partial charge is 0.255 e. The molecule has 5 heteroatoms. The average molecular weight is 213 g/mol. The third-order valence-corrected chi connectivity index (χ3v) is 1.94. The van der Waals surface area contributed by atoms with Crippen molar-refractivity contribution in [3.8, 4) is 5.88 Å². The Bertz CT molecular complexity index is 320. The summed E-state index contributed by atoms with van der Waals surface area (Å²) in [5.41, 5.74) is 0. The molecule has 0 spiro atoms. The molecule has 0 fully saturated rings. The molecule has 0 aliphatic carbocycles. The summed E-state index contributed by atoms with van der Waals surface area (Å²) < 4.78 is 18.6. The van der Waals surface area contributed by atoms with Crippen LogP contribution in [0.3, 0.4) is 0 Å². The first-order valence-corrected chi connectivity index (χ1v) is 5.04. The number of nitrogens with one attached hydrogen (secondary N) is 1. The highest BCUT2D eigenvalue weighted by molar-refractivity contribution is 5.27. The van der Waals surface area contributed by atoms with Gasteiger partial charge in [-0.05, 0) is 13.3 Å². The van der Waals surface area contributed by atoms with Crippen molar-refractivity contribution in [1.82, 2.24) is 9.97 Å². The number of hydrogen-bond donors (Lipinski definition) is 1. The van der Waals surface area contributed by atoms with Crippen LogP contribution in [0.4, 0.5) is 10.3 Å². The molecule has 0 aliphatic rings. The zero-order chi connectivity index (χ0) is 11.3. The highest BCUT2D eigenvalue weighted by Gasteiger charge is 2.10. The van der Waals surface area contributed by atoms with E-state index in [1.165, 1.54) is 0 Å². The molecular weight excluding hydrogens is 197 g/mol. The number of hydrogen-bond acceptors (Lipinski definition) is 4. The number of anilines is 1. The Hall–Kier alpha value is -1.39. The van der Waals surface area contributed by atoms with E-state index in [1.807, 2.05) is 6.92 Å². The zero-order valence-electron chi connectivity index (χ0n) is 9.25. The SMILES string of the molecule is CCCC(C)Oc1nc(NC)ncc1F. The maximum atomic E-state index is 13.2. The first kappa shape index (κ1) is 11.7. The van der Waals surface area contributed by atoms with Gasteiger partial charge in [0.1, 0.15) is 0 Å². The average Bonchev–Trinajstić information content (AvgIpc) is 2.21. The number of aromatic nitrogens is 2. The molecule has 0 aliphatic heterocycles. The van der Waals surface area contributed by atoms with Crippen molar-refractivity contribution < 1.29 is 9.13 Å². The molecule has 1 unspecified atom stereocenters. The van der Waals surface area contributed by atoms with E-state index in [9.17, 15) is 4.39 Å². The predicted molar refractivity (Wildman–Crippen MR) is 56.5 cm³/mol. The van der Waals surface area contributed by atoms with Crippen LogP contribution in [0.15, 0.2) is 6.20 Å². The molecule has 0 aromatic carbocycles. The largest absolute Gasteiger partial charge is 0.472 e. The van der Waals surface area contributed by atoms with Crippen molar-refractivity contribution in [3.05, 3.63) is 12.0 Å². The van der Waals surface area contributed by atoms with Crippen LogP contribution in [0.1, 0.15) is 26.7 Å². The Labute approximate surface area is 88.9 Å². The van der Waals surface area contributed by atoms with E-state index < -0.39 is 5.82 Å². The zero-order valence-corrected chi connectivity index (χ0v) is 9.25. The fraction of sp³-hybridized carbons (Fsp3) is 0.600. The molecule has 0 saturated carbocycles. The minimum absolute atomic E-state index is 0.00954. The molecule has 0 bridgehead atoms. The molecule has 1 N–H and O–H groups in total. The summed E-state index contributed by atoms with van der Waals surface area (Å²) in [4.78, 5) is 7.63. The molecule has 1 aromatic rings. The lowest BCUT2D eigenvalue weighted by Crippen LogP contribution is -2.14. The molecule has 0 radical (unpaired) electrons. The van der Waals surface area contributed by atoms with Gasteiger partial charge in [-0.1, -0.05) is 13.3 Å². The third kappa shape index (κ3) is 3.34. The van der Waals surface area contributed by atoms with Crippen LogP contribution in [0.2, 0.25) is 0 Å². The lowest BCUT2D eigenvalue weighted by Gasteiger charge is -2.13. The van der Waals surface area contributed by atoms with E-state index >= 15 is 0 Å². The number of rotatable bonds is 5. The van der Waals surface area contributed by atoms with Gasteiger partial charge in [0.2, 0.25) is 11.8 Å². The molecular formula is C10H16FN3O. The number of nitrogens with zero attached hydrogens (tertiary/aromatic N) is 2. The number of halogens is 1. The van der Waals surface area contributed by atoms with Crippen LogP contribution in [0, 0.1) is 5.82 Å². The molecule has 1 heterocycles. The Balaban J connectivity index is 2.74. The summed E-state index contributed by atoms with van der Waals surface area (Å²) in [7, 11) is 1.67. The lowest BCUT2D eigenvalue weighted by molar-refractivity contribution is 0.191. The van der Waals surface area contributed by atoms with E-state index in [2.05, 4.69) is 22.2 Å². The summed E-state index contributed by atoms with van der Waals surface area (Å²) in [6.07, 6.45) is 2.93. The van der Waals surface area contributed by atoms with Gasteiger partial charge in [-0.25, -0.2) is 4.98 Å². The third-order valence-electron chi connectivity index (χ3n) is 1.94. The van der Waals surface area contributed by atoms with E-state index in [4.69, 9.17) is 4.74 Å². The lowest BCUT2D eigenvalue weighted by atomic mass is 10.2. The van der Waals surface area contributed by atoms with Gasteiger partial charge in [0.05, 0.1) is 12.3 Å². The van der Waals surface area contributed by atoms with Crippen LogP contribution in [-0.4, -0.2) is 23.1 Å². The van der Waals surface area contributed by atoms with Crippen molar-refractivity contribution in [2.75, 3.05) is 12.4 Å². The van der Waals surface area contributed by atoms with Gasteiger partial charge in [-0.2, -0.15) is 9.37 Å². The van der Waals surface area contributed by atoms with Crippen molar-refractivity contribution in [2.24, 2.45) is 0 Å². The summed E-state index contributed by atoms with van der Waals surface area (Å²) in [5.74, 6) is -0.164. The first-order valence-electron chi connectivity index (χ1n) is 5.04. The van der Waals surface area contributed by atoms with Crippen LogP contribution >= 0.6 is 0 Å².